The Morgan fingerprint density at radius 1 is 1.42 bits per heavy atom. The minimum atomic E-state index is -0.590. The molecule has 0 saturated carbocycles. The van der Waals surface area contributed by atoms with Gasteiger partial charge in [0, 0.05) is 17.3 Å². The second-order valence-corrected chi connectivity index (χ2v) is 2.76. The van der Waals surface area contributed by atoms with Gasteiger partial charge in [-0.1, -0.05) is 0 Å². The lowest BCUT2D eigenvalue weighted by Crippen LogP contribution is -1.86. The fourth-order valence-corrected chi connectivity index (χ4v) is 1.24. The summed E-state index contributed by atoms with van der Waals surface area (Å²) in [6, 6.07) is 4.02. The average Bonchev–Trinajstić information content (AvgIpc) is 2.28. The van der Waals surface area contributed by atoms with Gasteiger partial charge in [-0.25, -0.2) is 0 Å². The summed E-state index contributed by atoms with van der Waals surface area (Å²) in [5.74, 6) is 0.505. The molecule has 0 atom stereocenters. The summed E-state index contributed by atoms with van der Waals surface area (Å²) in [6.07, 6.45) is 0. The first-order valence-electron chi connectivity index (χ1n) is 3.62. The van der Waals surface area contributed by atoms with Gasteiger partial charge in [0.1, 0.15) is 5.76 Å². The molecule has 1 aliphatic heterocycles. The van der Waals surface area contributed by atoms with E-state index in [1.165, 1.54) is 6.07 Å². The summed E-state index contributed by atoms with van der Waals surface area (Å²) in [7, 11) is 0. The van der Waals surface area contributed by atoms with Crippen molar-refractivity contribution >= 4 is 5.69 Å². The smallest absolute Gasteiger partial charge is 0.278 e. The SMILES string of the molecule is Cc1cc2oc(F)ccc-2c1N. The number of nitrogen functional groups attached to an aromatic ring is 1. The van der Waals surface area contributed by atoms with Crippen LogP contribution in [0.2, 0.25) is 0 Å². The molecule has 1 heterocycles. The summed E-state index contributed by atoms with van der Waals surface area (Å²) in [6.45, 7) is 1.86. The zero-order valence-electron chi connectivity index (χ0n) is 6.60. The molecule has 0 saturated heterocycles. The number of halogens is 1. The van der Waals surface area contributed by atoms with Gasteiger partial charge < -0.3 is 10.2 Å². The molecular weight excluding hydrogens is 157 g/mol. The van der Waals surface area contributed by atoms with Crippen molar-refractivity contribution in [2.45, 2.75) is 6.92 Å². The minimum Gasteiger partial charge on any atom is -0.431 e. The van der Waals surface area contributed by atoms with Crippen molar-refractivity contribution in [2.24, 2.45) is 0 Å². The Hall–Kier alpha value is -1.51. The van der Waals surface area contributed by atoms with Gasteiger partial charge >= 0.3 is 0 Å². The third kappa shape index (κ3) is 0.863. The Kier molecular flexibility index (Phi) is 1.33. The lowest BCUT2D eigenvalue weighted by Gasteiger charge is -1.98. The molecule has 0 aromatic rings. The monoisotopic (exact) mass is 165 g/mol. The van der Waals surface area contributed by atoms with Gasteiger partial charge in [-0.05, 0) is 24.6 Å². The van der Waals surface area contributed by atoms with E-state index in [2.05, 4.69) is 0 Å². The van der Waals surface area contributed by atoms with Crippen LogP contribution in [0.5, 0.6) is 0 Å². The van der Waals surface area contributed by atoms with Crippen molar-refractivity contribution in [3.63, 3.8) is 0 Å². The van der Waals surface area contributed by atoms with Gasteiger partial charge in [0.15, 0.2) is 0 Å². The summed E-state index contributed by atoms with van der Waals surface area (Å²) in [5.41, 5.74) is 8.05. The predicted octanol–water partition coefficient (Wildman–Crippen LogP) is 2.41. The molecule has 0 bridgehead atoms. The Labute approximate surface area is 69.1 Å². The van der Waals surface area contributed by atoms with Crippen molar-refractivity contribution in [2.75, 3.05) is 5.73 Å². The fourth-order valence-electron chi connectivity index (χ4n) is 1.24. The van der Waals surface area contributed by atoms with E-state index in [1.54, 1.807) is 12.1 Å². The van der Waals surface area contributed by atoms with Crippen LogP contribution in [0.25, 0.3) is 11.3 Å². The van der Waals surface area contributed by atoms with Crippen molar-refractivity contribution in [1.82, 2.24) is 0 Å². The van der Waals surface area contributed by atoms with Gasteiger partial charge in [-0.2, -0.15) is 4.39 Å². The van der Waals surface area contributed by atoms with Crippen molar-refractivity contribution in [3.05, 3.63) is 29.8 Å². The first-order chi connectivity index (χ1) is 5.68. The van der Waals surface area contributed by atoms with E-state index in [0.29, 0.717) is 11.4 Å². The van der Waals surface area contributed by atoms with Gasteiger partial charge in [-0.3, -0.25) is 0 Å². The molecule has 3 heteroatoms. The highest BCUT2D eigenvalue weighted by molar-refractivity contribution is 5.79. The van der Waals surface area contributed by atoms with E-state index < -0.39 is 6.01 Å². The number of fused-ring (bicyclic) bond motifs is 1. The molecule has 0 radical (unpaired) electrons. The first-order valence-corrected chi connectivity index (χ1v) is 3.62. The molecular formula is C9H8FNO. The topological polar surface area (TPSA) is 39.2 Å². The van der Waals surface area contributed by atoms with E-state index in [1.807, 2.05) is 6.92 Å². The van der Waals surface area contributed by atoms with E-state index >= 15 is 0 Å². The van der Waals surface area contributed by atoms with Crippen molar-refractivity contribution in [3.8, 4) is 11.3 Å². The number of nitrogens with two attached hydrogens (primary N) is 1. The quantitative estimate of drug-likeness (QED) is 0.651. The molecule has 2 nitrogen and oxygen atoms in total. The molecule has 0 amide bonds. The number of rotatable bonds is 0. The molecule has 2 aliphatic rings. The molecule has 2 N–H and O–H groups in total. The maximum Gasteiger partial charge on any atom is 0.278 e. The number of hydrogen-bond donors (Lipinski definition) is 1. The number of hydrogen-bond acceptors (Lipinski definition) is 2. The molecule has 0 aromatic carbocycles. The van der Waals surface area contributed by atoms with Gasteiger partial charge in [0.05, 0.1) is 0 Å². The van der Waals surface area contributed by atoms with E-state index in [4.69, 9.17) is 10.2 Å². The summed E-state index contributed by atoms with van der Waals surface area (Å²) in [4.78, 5) is 0. The highest BCUT2D eigenvalue weighted by atomic mass is 19.1. The van der Waals surface area contributed by atoms with Crippen molar-refractivity contribution < 1.29 is 8.81 Å². The highest BCUT2D eigenvalue weighted by Gasteiger charge is 2.13. The van der Waals surface area contributed by atoms with E-state index in [9.17, 15) is 4.39 Å². The summed E-state index contributed by atoms with van der Waals surface area (Å²) >= 11 is 0. The highest BCUT2D eigenvalue weighted by Crippen LogP contribution is 2.33. The lowest BCUT2D eigenvalue weighted by atomic mass is 10.2. The molecule has 0 aromatic heterocycles. The van der Waals surface area contributed by atoms with E-state index in [-0.39, 0.29) is 0 Å². The van der Waals surface area contributed by atoms with Gasteiger partial charge in [-0.15, -0.1) is 0 Å². The zero-order chi connectivity index (χ0) is 8.72. The van der Waals surface area contributed by atoms with E-state index in [0.717, 1.165) is 11.1 Å². The lowest BCUT2D eigenvalue weighted by molar-refractivity contribution is 0.354. The summed E-state index contributed by atoms with van der Waals surface area (Å²) < 4.78 is 17.4. The van der Waals surface area contributed by atoms with Crippen LogP contribution in [0.1, 0.15) is 5.56 Å². The fraction of sp³-hybridized carbons (Fsp3) is 0.111. The molecule has 12 heavy (non-hydrogen) atoms. The maximum absolute atomic E-state index is 12.6. The number of aryl methyl sites for hydroxylation is 1. The standard InChI is InChI=1S/C9H8FNO/c1-5-4-7-6(9(5)11)2-3-8(10)12-7/h2-4H,11H2,1H3. The van der Waals surface area contributed by atoms with Crippen LogP contribution >= 0.6 is 0 Å². The van der Waals surface area contributed by atoms with Gasteiger partial charge in [0.25, 0.3) is 6.01 Å². The predicted molar refractivity (Wildman–Crippen MR) is 44.4 cm³/mol. The molecule has 0 unspecified atom stereocenters. The second-order valence-electron chi connectivity index (χ2n) is 2.76. The third-order valence-electron chi connectivity index (χ3n) is 1.92. The second kappa shape index (κ2) is 2.24. The molecule has 62 valence electrons. The van der Waals surface area contributed by atoms with Crippen LogP contribution in [0, 0.1) is 12.9 Å². The maximum atomic E-state index is 12.6. The van der Waals surface area contributed by atoms with Crippen LogP contribution in [-0.2, 0) is 0 Å². The van der Waals surface area contributed by atoms with Crippen LogP contribution in [-0.4, -0.2) is 0 Å². The largest absolute Gasteiger partial charge is 0.431 e. The normalized spacial score (nSPS) is 10.8. The van der Waals surface area contributed by atoms with Crippen molar-refractivity contribution in [1.29, 1.82) is 0 Å². The molecule has 0 spiro atoms. The average molecular weight is 165 g/mol. The Morgan fingerprint density at radius 2 is 2.17 bits per heavy atom. The third-order valence-corrected chi connectivity index (χ3v) is 1.92. The Bertz CT molecular complexity index is 394. The first kappa shape index (κ1) is 7.16. The molecule has 0 fully saturated rings. The summed E-state index contributed by atoms with van der Waals surface area (Å²) in [5, 5.41) is 0. The number of anilines is 1. The van der Waals surface area contributed by atoms with Crippen LogP contribution in [0.3, 0.4) is 0 Å². The molecule has 1 aliphatic carbocycles. The van der Waals surface area contributed by atoms with Crippen LogP contribution in [0.15, 0.2) is 22.6 Å². The molecule has 2 rings (SSSR count). The van der Waals surface area contributed by atoms with Gasteiger partial charge in [0.2, 0.25) is 0 Å². The zero-order valence-corrected chi connectivity index (χ0v) is 6.60. The van der Waals surface area contributed by atoms with Crippen LogP contribution < -0.4 is 5.73 Å². The Morgan fingerprint density at radius 3 is 2.92 bits per heavy atom. The van der Waals surface area contributed by atoms with Crippen LogP contribution in [0.4, 0.5) is 10.1 Å². The Balaban J connectivity index is 2.78. The minimum absolute atomic E-state index is 0.505.